The fourth-order valence-electron chi connectivity index (χ4n) is 2.36. The number of carbonyl (C=O) groups is 1. The number of hydrogen-bond acceptors (Lipinski definition) is 4. The molecule has 0 spiro atoms. The normalized spacial score (nSPS) is 20.9. The monoisotopic (exact) mass is 340 g/mol. The van der Waals surface area contributed by atoms with Gasteiger partial charge in [0.1, 0.15) is 6.54 Å². The summed E-state index contributed by atoms with van der Waals surface area (Å²) in [5.41, 5.74) is 0. The second kappa shape index (κ2) is 10.5. The first-order valence-electron chi connectivity index (χ1n) is 9.03. The van der Waals surface area contributed by atoms with Crippen molar-refractivity contribution in [2.24, 2.45) is 16.8 Å². The molecule has 2 N–H and O–H groups in total. The Labute approximate surface area is 145 Å². The van der Waals surface area contributed by atoms with E-state index in [1.807, 2.05) is 0 Å². The van der Waals surface area contributed by atoms with Crippen LogP contribution < -0.4 is 10.6 Å². The number of nitrogens with one attached hydrogen (secondary N) is 2. The zero-order valence-electron chi connectivity index (χ0n) is 15.1. The Morgan fingerprint density at radius 1 is 1.25 bits per heavy atom. The Kier molecular flexibility index (Phi) is 8.32. The maximum atomic E-state index is 11.7. The molecule has 0 aromatic rings. The van der Waals surface area contributed by atoms with Crippen LogP contribution in [0.25, 0.3) is 0 Å². The first-order chi connectivity index (χ1) is 11.6. The summed E-state index contributed by atoms with van der Waals surface area (Å²) in [4.78, 5) is 17.7. The topological polar surface area (TPSA) is 75.2 Å². The van der Waals surface area contributed by atoms with Crippen molar-refractivity contribution in [1.82, 2.24) is 15.5 Å². The minimum atomic E-state index is -0.00642. The van der Waals surface area contributed by atoms with Crippen molar-refractivity contribution in [2.45, 2.75) is 25.7 Å². The summed E-state index contributed by atoms with van der Waals surface area (Å²) < 4.78 is 11.0. The quantitative estimate of drug-likeness (QED) is 0.343. The second-order valence-electron chi connectivity index (χ2n) is 6.86. The molecule has 1 atom stereocenters. The lowest BCUT2D eigenvalue weighted by Crippen LogP contribution is -2.41. The molecule has 0 aromatic carbocycles. The molecular weight excluding hydrogens is 308 g/mol. The van der Waals surface area contributed by atoms with Crippen molar-refractivity contribution in [3.8, 4) is 0 Å². The molecule has 24 heavy (non-hydrogen) atoms. The van der Waals surface area contributed by atoms with Gasteiger partial charge in [-0.15, -0.1) is 0 Å². The Morgan fingerprint density at radius 3 is 2.75 bits per heavy atom. The van der Waals surface area contributed by atoms with E-state index in [0.29, 0.717) is 11.9 Å². The molecule has 1 saturated carbocycles. The van der Waals surface area contributed by atoms with Crippen molar-refractivity contribution in [2.75, 3.05) is 60.2 Å². The van der Waals surface area contributed by atoms with Gasteiger partial charge in [-0.25, -0.2) is 4.99 Å². The van der Waals surface area contributed by atoms with Gasteiger partial charge in [0.2, 0.25) is 5.91 Å². The molecule has 2 rings (SSSR count). The Morgan fingerprint density at radius 2 is 2.08 bits per heavy atom. The van der Waals surface area contributed by atoms with Crippen LogP contribution >= 0.6 is 0 Å². The summed E-state index contributed by atoms with van der Waals surface area (Å²) in [6, 6.07) is 0. The van der Waals surface area contributed by atoms with Crippen LogP contribution in [-0.4, -0.2) is 76.9 Å². The lowest BCUT2D eigenvalue weighted by molar-refractivity contribution is -0.127. The lowest BCUT2D eigenvalue weighted by Gasteiger charge is -2.16. The molecule has 1 saturated heterocycles. The number of rotatable bonds is 10. The summed E-state index contributed by atoms with van der Waals surface area (Å²) in [5.74, 6) is 2.01. The van der Waals surface area contributed by atoms with Crippen LogP contribution in [0.3, 0.4) is 0 Å². The third-order valence-electron chi connectivity index (χ3n) is 4.26. The van der Waals surface area contributed by atoms with Crippen molar-refractivity contribution >= 4 is 11.9 Å². The zero-order valence-corrected chi connectivity index (χ0v) is 15.1. The van der Waals surface area contributed by atoms with E-state index in [4.69, 9.17) is 9.47 Å². The summed E-state index contributed by atoms with van der Waals surface area (Å²) in [5, 5.41) is 6.61. The molecule has 0 radical (unpaired) electrons. The van der Waals surface area contributed by atoms with Gasteiger partial charge in [0.15, 0.2) is 5.96 Å². The molecule has 7 heteroatoms. The zero-order chi connectivity index (χ0) is 17.2. The molecule has 0 bridgehead atoms. The number of aliphatic imine (C=N–C) groups is 1. The van der Waals surface area contributed by atoms with Crippen LogP contribution in [0.2, 0.25) is 0 Å². The van der Waals surface area contributed by atoms with Crippen molar-refractivity contribution in [3.05, 3.63) is 0 Å². The SMILES string of the molecule is CN(C)C(=O)CN=C(NCCCOCC1CC1)NCC1CCOC1. The predicted octanol–water partition coefficient (Wildman–Crippen LogP) is 0.463. The van der Waals surface area contributed by atoms with Crippen LogP contribution in [0.4, 0.5) is 0 Å². The molecule has 1 aliphatic carbocycles. The van der Waals surface area contributed by atoms with E-state index in [2.05, 4.69) is 15.6 Å². The molecule has 1 heterocycles. The van der Waals surface area contributed by atoms with Crippen LogP contribution in [0, 0.1) is 11.8 Å². The Balaban J connectivity index is 1.66. The van der Waals surface area contributed by atoms with Crippen LogP contribution in [0.5, 0.6) is 0 Å². The third kappa shape index (κ3) is 7.97. The molecule has 2 fully saturated rings. The highest BCUT2D eigenvalue weighted by molar-refractivity contribution is 5.84. The number of ether oxygens (including phenoxy) is 2. The van der Waals surface area contributed by atoms with Crippen LogP contribution in [0.1, 0.15) is 25.7 Å². The van der Waals surface area contributed by atoms with Gasteiger partial charge in [0, 0.05) is 52.9 Å². The van der Waals surface area contributed by atoms with Crippen molar-refractivity contribution < 1.29 is 14.3 Å². The molecule has 1 aliphatic heterocycles. The Bertz CT molecular complexity index is 405. The van der Waals surface area contributed by atoms with Gasteiger partial charge in [-0.1, -0.05) is 0 Å². The van der Waals surface area contributed by atoms with E-state index in [-0.39, 0.29) is 12.5 Å². The molecular formula is C17H32N4O3. The van der Waals surface area contributed by atoms with Gasteiger partial charge < -0.3 is 25.0 Å². The number of carbonyl (C=O) groups excluding carboxylic acids is 1. The smallest absolute Gasteiger partial charge is 0.243 e. The minimum Gasteiger partial charge on any atom is -0.381 e. The first-order valence-corrected chi connectivity index (χ1v) is 9.03. The highest BCUT2D eigenvalue weighted by Crippen LogP contribution is 2.28. The summed E-state index contributed by atoms with van der Waals surface area (Å²) in [6.45, 7) is 5.06. The van der Waals surface area contributed by atoms with E-state index < -0.39 is 0 Å². The van der Waals surface area contributed by atoms with E-state index in [1.165, 1.54) is 12.8 Å². The molecule has 1 unspecified atom stereocenters. The Hall–Kier alpha value is -1.34. The lowest BCUT2D eigenvalue weighted by atomic mass is 10.1. The maximum Gasteiger partial charge on any atom is 0.243 e. The number of amides is 1. The minimum absolute atomic E-state index is 0.00642. The fourth-order valence-corrected chi connectivity index (χ4v) is 2.36. The summed E-state index contributed by atoms with van der Waals surface area (Å²) in [7, 11) is 3.48. The summed E-state index contributed by atoms with van der Waals surface area (Å²) >= 11 is 0. The van der Waals surface area contributed by atoms with Crippen molar-refractivity contribution in [3.63, 3.8) is 0 Å². The van der Waals surface area contributed by atoms with Gasteiger partial charge in [-0.2, -0.15) is 0 Å². The van der Waals surface area contributed by atoms with Gasteiger partial charge >= 0.3 is 0 Å². The van der Waals surface area contributed by atoms with Gasteiger partial charge in [0.05, 0.1) is 6.61 Å². The highest BCUT2D eigenvalue weighted by Gasteiger charge is 2.20. The molecule has 1 amide bonds. The average Bonchev–Trinajstić information content (AvgIpc) is 3.24. The average molecular weight is 340 g/mol. The first kappa shape index (κ1) is 19.0. The second-order valence-corrected chi connectivity index (χ2v) is 6.86. The largest absolute Gasteiger partial charge is 0.381 e. The van der Waals surface area contributed by atoms with Gasteiger partial charge in [-0.3, -0.25) is 4.79 Å². The number of guanidine groups is 1. The molecule has 7 nitrogen and oxygen atoms in total. The van der Waals surface area contributed by atoms with E-state index in [9.17, 15) is 4.79 Å². The summed E-state index contributed by atoms with van der Waals surface area (Å²) in [6.07, 6.45) is 4.65. The molecule has 138 valence electrons. The third-order valence-corrected chi connectivity index (χ3v) is 4.26. The van der Waals surface area contributed by atoms with Gasteiger partial charge in [-0.05, 0) is 31.6 Å². The van der Waals surface area contributed by atoms with E-state index in [1.54, 1.807) is 19.0 Å². The van der Waals surface area contributed by atoms with E-state index >= 15 is 0 Å². The van der Waals surface area contributed by atoms with Crippen LogP contribution in [0.15, 0.2) is 4.99 Å². The number of nitrogens with zero attached hydrogens (tertiary/aromatic N) is 2. The maximum absolute atomic E-state index is 11.7. The standard InChI is InChI=1S/C17H32N4O3/c1-21(2)16(22)11-20-17(19-10-15-6-9-24-13-15)18-7-3-8-23-12-14-4-5-14/h14-15H,3-13H2,1-2H3,(H2,18,19,20). The fraction of sp³-hybridized carbons (Fsp3) is 0.882. The van der Waals surface area contributed by atoms with Crippen molar-refractivity contribution in [1.29, 1.82) is 0 Å². The molecule has 0 aromatic heterocycles. The predicted molar refractivity (Wildman–Crippen MR) is 94.1 cm³/mol. The highest BCUT2D eigenvalue weighted by atomic mass is 16.5. The number of hydrogen-bond donors (Lipinski definition) is 2. The molecule has 2 aliphatic rings. The van der Waals surface area contributed by atoms with E-state index in [0.717, 1.165) is 58.3 Å². The van der Waals surface area contributed by atoms with Gasteiger partial charge in [0.25, 0.3) is 0 Å². The number of likely N-dealkylation sites (N-methyl/N-ethyl adjacent to an activating group) is 1. The van der Waals surface area contributed by atoms with Crippen LogP contribution in [-0.2, 0) is 14.3 Å².